The molecule has 0 saturated heterocycles. The van der Waals surface area contributed by atoms with Crippen molar-refractivity contribution in [3.63, 3.8) is 0 Å². The van der Waals surface area contributed by atoms with Gasteiger partial charge >= 0.3 is 0 Å². The number of nitrogens with one attached hydrogen (secondary N) is 1. The van der Waals surface area contributed by atoms with Crippen molar-refractivity contribution in [2.24, 2.45) is 5.73 Å². The summed E-state index contributed by atoms with van der Waals surface area (Å²) in [5, 5.41) is 3.34. The van der Waals surface area contributed by atoms with Crippen LogP contribution in [0.2, 0.25) is 0 Å². The zero-order valence-electron chi connectivity index (χ0n) is 10.3. The molecule has 1 rings (SSSR count). The fraction of sp³-hybridized carbons (Fsp3) is 0.500. The summed E-state index contributed by atoms with van der Waals surface area (Å²) in [5.41, 5.74) is 8.65. The van der Waals surface area contributed by atoms with E-state index in [2.05, 4.69) is 24.1 Å². The first-order valence-electron chi connectivity index (χ1n) is 5.50. The fourth-order valence-electron chi connectivity index (χ4n) is 1.59. The lowest BCUT2D eigenvalue weighted by molar-refractivity contribution is 0.758. The van der Waals surface area contributed by atoms with Gasteiger partial charge in [-0.25, -0.2) is 4.98 Å². The first kappa shape index (κ1) is 12.9. The predicted octanol–water partition coefficient (Wildman–Crippen LogP) is 2.54. The van der Waals surface area contributed by atoms with Gasteiger partial charge in [-0.2, -0.15) is 0 Å². The molecule has 0 amide bonds. The molecule has 88 valence electrons. The van der Waals surface area contributed by atoms with Crippen molar-refractivity contribution in [2.75, 3.05) is 5.32 Å². The van der Waals surface area contributed by atoms with Gasteiger partial charge in [0.25, 0.3) is 0 Å². The standard InChI is InChI=1S/C12H19N3S/c1-5-8(3)14-12-10(11(13)16)7(2)6-9(4)15-12/h6,8H,5H2,1-4H3,(H2,13,16)(H,14,15). The minimum absolute atomic E-state index is 0.363. The van der Waals surface area contributed by atoms with E-state index < -0.39 is 0 Å². The van der Waals surface area contributed by atoms with Crippen LogP contribution in [0.25, 0.3) is 0 Å². The summed E-state index contributed by atoms with van der Waals surface area (Å²) in [6, 6.07) is 2.36. The van der Waals surface area contributed by atoms with Gasteiger partial charge in [0, 0.05) is 11.7 Å². The van der Waals surface area contributed by atoms with Crippen LogP contribution in [-0.4, -0.2) is 16.0 Å². The molecule has 0 aliphatic carbocycles. The van der Waals surface area contributed by atoms with Crippen LogP contribution in [0.5, 0.6) is 0 Å². The van der Waals surface area contributed by atoms with E-state index in [0.717, 1.165) is 29.1 Å². The maximum Gasteiger partial charge on any atom is 0.136 e. The molecule has 4 heteroatoms. The number of rotatable bonds is 4. The zero-order valence-corrected chi connectivity index (χ0v) is 11.1. The number of pyridine rings is 1. The van der Waals surface area contributed by atoms with Crippen molar-refractivity contribution in [1.29, 1.82) is 0 Å². The van der Waals surface area contributed by atoms with Gasteiger partial charge in [-0.15, -0.1) is 0 Å². The summed E-state index contributed by atoms with van der Waals surface area (Å²) in [4.78, 5) is 4.86. The largest absolute Gasteiger partial charge is 0.389 e. The Kier molecular flexibility index (Phi) is 4.24. The molecule has 1 aromatic rings. The molecule has 3 N–H and O–H groups in total. The van der Waals surface area contributed by atoms with Crippen LogP contribution in [0.1, 0.15) is 37.1 Å². The van der Waals surface area contributed by atoms with E-state index in [9.17, 15) is 0 Å². The van der Waals surface area contributed by atoms with Crippen molar-refractivity contribution < 1.29 is 0 Å². The van der Waals surface area contributed by atoms with E-state index in [1.807, 2.05) is 19.9 Å². The second-order valence-electron chi connectivity index (χ2n) is 4.12. The second-order valence-corrected chi connectivity index (χ2v) is 4.56. The number of nitrogens with two attached hydrogens (primary N) is 1. The Morgan fingerprint density at radius 3 is 2.69 bits per heavy atom. The summed E-state index contributed by atoms with van der Waals surface area (Å²) >= 11 is 5.07. The smallest absolute Gasteiger partial charge is 0.136 e. The van der Waals surface area contributed by atoms with Crippen LogP contribution in [-0.2, 0) is 0 Å². The van der Waals surface area contributed by atoms with Crippen molar-refractivity contribution in [3.05, 3.63) is 22.9 Å². The Morgan fingerprint density at radius 1 is 1.56 bits per heavy atom. The third-order valence-corrected chi connectivity index (χ3v) is 2.79. The quantitative estimate of drug-likeness (QED) is 0.790. The number of thiocarbonyl (C=S) groups is 1. The van der Waals surface area contributed by atoms with Crippen molar-refractivity contribution in [2.45, 2.75) is 40.2 Å². The molecule has 0 bridgehead atoms. The minimum Gasteiger partial charge on any atom is -0.389 e. The van der Waals surface area contributed by atoms with Gasteiger partial charge in [0.1, 0.15) is 10.8 Å². The van der Waals surface area contributed by atoms with Crippen LogP contribution in [0.15, 0.2) is 6.07 Å². The van der Waals surface area contributed by atoms with E-state index in [0.29, 0.717) is 11.0 Å². The summed E-state index contributed by atoms with van der Waals surface area (Å²) in [7, 11) is 0. The SMILES string of the molecule is CCC(C)Nc1nc(C)cc(C)c1C(N)=S. The molecule has 0 aliphatic heterocycles. The summed E-state index contributed by atoms with van der Waals surface area (Å²) in [6.45, 7) is 8.21. The van der Waals surface area contributed by atoms with Crippen LogP contribution in [0, 0.1) is 13.8 Å². The monoisotopic (exact) mass is 237 g/mol. The van der Waals surface area contributed by atoms with Gasteiger partial charge in [-0.3, -0.25) is 0 Å². The Balaban J connectivity index is 3.19. The molecule has 0 spiro atoms. The molecule has 0 fully saturated rings. The van der Waals surface area contributed by atoms with E-state index in [-0.39, 0.29) is 0 Å². The van der Waals surface area contributed by atoms with E-state index in [1.165, 1.54) is 0 Å². The van der Waals surface area contributed by atoms with Gasteiger partial charge in [0.15, 0.2) is 0 Å². The maximum absolute atomic E-state index is 5.73. The maximum atomic E-state index is 5.73. The van der Waals surface area contributed by atoms with Gasteiger partial charge in [-0.05, 0) is 38.8 Å². The minimum atomic E-state index is 0.363. The van der Waals surface area contributed by atoms with E-state index >= 15 is 0 Å². The van der Waals surface area contributed by atoms with E-state index in [4.69, 9.17) is 18.0 Å². The first-order chi connectivity index (χ1) is 7.45. The molecule has 0 aliphatic rings. The number of aryl methyl sites for hydroxylation is 2. The van der Waals surface area contributed by atoms with Crippen molar-refractivity contribution in [1.82, 2.24) is 4.98 Å². The molecule has 1 heterocycles. The third-order valence-electron chi connectivity index (χ3n) is 2.59. The highest BCUT2D eigenvalue weighted by atomic mass is 32.1. The molecule has 16 heavy (non-hydrogen) atoms. The molecule has 0 aromatic carbocycles. The molecule has 3 nitrogen and oxygen atoms in total. The number of hydrogen-bond donors (Lipinski definition) is 2. The normalized spacial score (nSPS) is 12.2. The predicted molar refractivity (Wildman–Crippen MR) is 73.0 cm³/mol. The molecule has 0 radical (unpaired) electrons. The molecule has 1 unspecified atom stereocenters. The van der Waals surface area contributed by atoms with Gasteiger partial charge in [0.2, 0.25) is 0 Å². The molecular formula is C12H19N3S. The molecule has 1 atom stereocenters. The summed E-state index contributed by atoms with van der Waals surface area (Å²) < 4.78 is 0. The number of nitrogens with zero attached hydrogens (tertiary/aromatic N) is 1. The Morgan fingerprint density at radius 2 is 2.19 bits per heavy atom. The van der Waals surface area contributed by atoms with Crippen molar-refractivity contribution >= 4 is 23.0 Å². The Labute approximate surface area is 102 Å². The van der Waals surface area contributed by atoms with Gasteiger partial charge in [-0.1, -0.05) is 19.1 Å². The topological polar surface area (TPSA) is 50.9 Å². The zero-order chi connectivity index (χ0) is 12.3. The lowest BCUT2D eigenvalue weighted by atomic mass is 10.1. The molecule has 0 saturated carbocycles. The average Bonchev–Trinajstić information content (AvgIpc) is 2.15. The van der Waals surface area contributed by atoms with Gasteiger partial charge < -0.3 is 11.1 Å². The highest BCUT2D eigenvalue weighted by Gasteiger charge is 2.12. The Bertz CT molecular complexity index is 401. The fourth-order valence-corrected chi connectivity index (χ4v) is 1.85. The van der Waals surface area contributed by atoms with Gasteiger partial charge in [0.05, 0.1) is 5.56 Å². The number of hydrogen-bond acceptors (Lipinski definition) is 3. The Hall–Kier alpha value is -1.16. The lowest BCUT2D eigenvalue weighted by Gasteiger charge is -2.17. The summed E-state index contributed by atoms with van der Waals surface area (Å²) in [6.07, 6.45) is 1.03. The number of aromatic nitrogens is 1. The van der Waals surface area contributed by atoms with E-state index in [1.54, 1.807) is 0 Å². The lowest BCUT2D eigenvalue weighted by Crippen LogP contribution is -2.21. The highest BCUT2D eigenvalue weighted by molar-refractivity contribution is 7.80. The molecule has 1 aromatic heterocycles. The molecular weight excluding hydrogens is 218 g/mol. The second kappa shape index (κ2) is 5.25. The highest BCUT2D eigenvalue weighted by Crippen LogP contribution is 2.19. The van der Waals surface area contributed by atoms with Crippen LogP contribution >= 0.6 is 12.2 Å². The van der Waals surface area contributed by atoms with Crippen molar-refractivity contribution in [3.8, 4) is 0 Å². The third kappa shape index (κ3) is 2.92. The van der Waals surface area contributed by atoms with Crippen LogP contribution in [0.4, 0.5) is 5.82 Å². The summed E-state index contributed by atoms with van der Waals surface area (Å²) in [5.74, 6) is 0.805. The van der Waals surface area contributed by atoms with Crippen LogP contribution in [0.3, 0.4) is 0 Å². The number of anilines is 1. The first-order valence-corrected chi connectivity index (χ1v) is 5.91. The average molecular weight is 237 g/mol. The van der Waals surface area contributed by atoms with Crippen LogP contribution < -0.4 is 11.1 Å².